The first-order valence-electron chi connectivity index (χ1n) is 2.64. The van der Waals surface area contributed by atoms with Gasteiger partial charge in [0.1, 0.15) is 6.04 Å². The van der Waals surface area contributed by atoms with Crippen molar-refractivity contribution >= 4 is 11.8 Å². The van der Waals surface area contributed by atoms with E-state index in [0.29, 0.717) is 0 Å². The van der Waals surface area contributed by atoms with Gasteiger partial charge in [-0.05, 0) is 0 Å². The van der Waals surface area contributed by atoms with Crippen molar-refractivity contribution in [1.29, 1.82) is 5.26 Å². The minimum absolute atomic E-state index is 0.105. The van der Waals surface area contributed by atoms with Crippen LogP contribution in [0.4, 0.5) is 0 Å². The molecule has 1 saturated heterocycles. The first-order valence-corrected chi connectivity index (χ1v) is 3.79. The molecule has 1 aliphatic heterocycles. The highest BCUT2D eigenvalue weighted by Gasteiger charge is 2.09. The summed E-state index contributed by atoms with van der Waals surface area (Å²) in [5.74, 6) is 2.11. The summed E-state index contributed by atoms with van der Waals surface area (Å²) >= 11 is 1.84. The molecule has 1 N–H and O–H groups in total. The molecule has 8 heavy (non-hydrogen) atoms. The summed E-state index contributed by atoms with van der Waals surface area (Å²) < 4.78 is 0. The average Bonchev–Trinajstić information content (AvgIpc) is 1.90. The molecule has 0 spiro atoms. The van der Waals surface area contributed by atoms with Gasteiger partial charge >= 0.3 is 0 Å². The SMILES string of the molecule is N#CC1CSCCN1. The van der Waals surface area contributed by atoms with E-state index in [4.69, 9.17) is 5.26 Å². The van der Waals surface area contributed by atoms with E-state index >= 15 is 0 Å². The van der Waals surface area contributed by atoms with Crippen LogP contribution in [0.3, 0.4) is 0 Å². The van der Waals surface area contributed by atoms with Gasteiger partial charge in [-0.25, -0.2) is 0 Å². The van der Waals surface area contributed by atoms with Gasteiger partial charge in [0.05, 0.1) is 6.07 Å². The molecule has 0 bridgehead atoms. The molecule has 2 nitrogen and oxygen atoms in total. The molecule has 0 amide bonds. The molecular weight excluding hydrogens is 120 g/mol. The summed E-state index contributed by atoms with van der Waals surface area (Å²) in [6.45, 7) is 0.989. The largest absolute Gasteiger partial charge is 0.300 e. The first kappa shape index (κ1) is 5.93. The summed E-state index contributed by atoms with van der Waals surface area (Å²) in [7, 11) is 0. The lowest BCUT2D eigenvalue weighted by atomic mass is 10.4. The lowest BCUT2D eigenvalue weighted by Gasteiger charge is -2.15. The normalized spacial score (nSPS) is 29.1. The van der Waals surface area contributed by atoms with Crippen molar-refractivity contribution in [3.05, 3.63) is 0 Å². The molecule has 0 aliphatic carbocycles. The summed E-state index contributed by atoms with van der Waals surface area (Å²) in [6.07, 6.45) is 0. The molecule has 44 valence electrons. The van der Waals surface area contributed by atoms with E-state index in [-0.39, 0.29) is 6.04 Å². The van der Waals surface area contributed by atoms with Gasteiger partial charge in [-0.1, -0.05) is 0 Å². The molecule has 0 aromatic rings. The molecule has 1 atom stereocenters. The monoisotopic (exact) mass is 128 g/mol. The maximum absolute atomic E-state index is 8.37. The topological polar surface area (TPSA) is 35.8 Å². The molecule has 1 rings (SSSR count). The highest BCUT2D eigenvalue weighted by molar-refractivity contribution is 7.99. The Kier molecular flexibility index (Phi) is 2.19. The Morgan fingerprint density at radius 3 is 3.00 bits per heavy atom. The predicted octanol–water partition coefficient (Wildman–Crippen LogP) is 0.215. The van der Waals surface area contributed by atoms with Gasteiger partial charge in [-0.2, -0.15) is 17.0 Å². The van der Waals surface area contributed by atoms with Gasteiger partial charge in [0, 0.05) is 18.1 Å². The summed E-state index contributed by atoms with van der Waals surface area (Å²) in [5.41, 5.74) is 0. The number of hydrogen-bond acceptors (Lipinski definition) is 3. The van der Waals surface area contributed by atoms with Gasteiger partial charge in [-0.3, -0.25) is 0 Å². The van der Waals surface area contributed by atoms with Crippen molar-refractivity contribution in [3.8, 4) is 6.07 Å². The van der Waals surface area contributed by atoms with E-state index < -0.39 is 0 Å². The Hall–Kier alpha value is -0.200. The van der Waals surface area contributed by atoms with E-state index in [2.05, 4.69) is 11.4 Å². The zero-order valence-electron chi connectivity index (χ0n) is 4.55. The van der Waals surface area contributed by atoms with Crippen molar-refractivity contribution in [2.24, 2.45) is 0 Å². The molecule has 1 heterocycles. The van der Waals surface area contributed by atoms with Crippen LogP contribution in [0.2, 0.25) is 0 Å². The zero-order valence-corrected chi connectivity index (χ0v) is 5.37. The Bertz CT molecular complexity index is 101. The molecule has 1 aliphatic rings. The molecule has 0 saturated carbocycles. The van der Waals surface area contributed by atoms with Gasteiger partial charge in [0.2, 0.25) is 0 Å². The fourth-order valence-corrected chi connectivity index (χ4v) is 1.51. The third kappa shape index (κ3) is 1.39. The Balaban J connectivity index is 2.25. The third-order valence-electron chi connectivity index (χ3n) is 1.08. The van der Waals surface area contributed by atoms with E-state index in [1.807, 2.05) is 11.8 Å². The fraction of sp³-hybridized carbons (Fsp3) is 0.800. The smallest absolute Gasteiger partial charge is 0.104 e. The van der Waals surface area contributed by atoms with Crippen molar-refractivity contribution in [2.45, 2.75) is 6.04 Å². The van der Waals surface area contributed by atoms with Crippen LogP contribution in [-0.2, 0) is 0 Å². The minimum atomic E-state index is 0.105. The quantitative estimate of drug-likeness (QED) is 0.506. The molecule has 1 unspecified atom stereocenters. The predicted molar refractivity (Wildman–Crippen MR) is 34.7 cm³/mol. The fourth-order valence-electron chi connectivity index (χ4n) is 0.648. The van der Waals surface area contributed by atoms with Crippen LogP contribution in [-0.4, -0.2) is 24.1 Å². The van der Waals surface area contributed by atoms with Gasteiger partial charge in [0.25, 0.3) is 0 Å². The van der Waals surface area contributed by atoms with E-state index in [0.717, 1.165) is 18.1 Å². The van der Waals surface area contributed by atoms with Crippen LogP contribution < -0.4 is 5.32 Å². The zero-order chi connectivity index (χ0) is 5.82. The van der Waals surface area contributed by atoms with E-state index in [9.17, 15) is 0 Å². The first-order chi connectivity index (χ1) is 3.93. The van der Waals surface area contributed by atoms with Crippen LogP contribution >= 0.6 is 11.8 Å². The van der Waals surface area contributed by atoms with Crippen LogP contribution in [0.5, 0.6) is 0 Å². The Morgan fingerprint density at radius 1 is 1.75 bits per heavy atom. The minimum Gasteiger partial charge on any atom is -0.300 e. The number of nitrogens with zero attached hydrogens (tertiary/aromatic N) is 1. The van der Waals surface area contributed by atoms with Gasteiger partial charge in [-0.15, -0.1) is 0 Å². The van der Waals surface area contributed by atoms with Crippen molar-refractivity contribution in [1.82, 2.24) is 5.32 Å². The molecule has 1 fully saturated rings. The maximum Gasteiger partial charge on any atom is 0.104 e. The number of rotatable bonds is 0. The number of hydrogen-bond donors (Lipinski definition) is 1. The standard InChI is InChI=1S/C5H8N2S/c6-3-5-4-8-2-1-7-5/h5,7H,1-2,4H2. The summed E-state index contributed by atoms with van der Waals surface area (Å²) in [4.78, 5) is 0. The second-order valence-corrected chi connectivity index (χ2v) is 2.86. The van der Waals surface area contributed by atoms with E-state index in [1.54, 1.807) is 0 Å². The van der Waals surface area contributed by atoms with Crippen molar-refractivity contribution in [3.63, 3.8) is 0 Å². The number of thioether (sulfide) groups is 1. The lowest BCUT2D eigenvalue weighted by molar-refractivity contribution is 0.666. The molecule has 0 aromatic heterocycles. The van der Waals surface area contributed by atoms with Crippen LogP contribution in [0.1, 0.15) is 0 Å². The van der Waals surface area contributed by atoms with Crippen molar-refractivity contribution < 1.29 is 0 Å². The van der Waals surface area contributed by atoms with Crippen LogP contribution in [0, 0.1) is 11.3 Å². The molecular formula is C5H8N2S. The van der Waals surface area contributed by atoms with Crippen molar-refractivity contribution in [2.75, 3.05) is 18.1 Å². The highest BCUT2D eigenvalue weighted by Crippen LogP contribution is 2.05. The summed E-state index contributed by atoms with van der Waals surface area (Å²) in [6, 6.07) is 2.28. The number of nitrogens with one attached hydrogen (secondary N) is 1. The Labute approximate surface area is 53.3 Å². The second kappa shape index (κ2) is 2.95. The van der Waals surface area contributed by atoms with Gasteiger partial charge < -0.3 is 5.32 Å². The van der Waals surface area contributed by atoms with E-state index in [1.165, 1.54) is 0 Å². The maximum atomic E-state index is 8.37. The summed E-state index contributed by atoms with van der Waals surface area (Å²) in [5, 5.41) is 11.5. The molecule has 0 radical (unpaired) electrons. The van der Waals surface area contributed by atoms with Crippen LogP contribution in [0.25, 0.3) is 0 Å². The van der Waals surface area contributed by atoms with Gasteiger partial charge in [0.15, 0.2) is 0 Å². The van der Waals surface area contributed by atoms with Crippen LogP contribution in [0.15, 0.2) is 0 Å². The second-order valence-electron chi connectivity index (χ2n) is 1.71. The average molecular weight is 128 g/mol. The lowest BCUT2D eigenvalue weighted by Crippen LogP contribution is -2.35. The Morgan fingerprint density at radius 2 is 2.62 bits per heavy atom. The number of nitriles is 1. The molecule has 3 heteroatoms. The highest BCUT2D eigenvalue weighted by atomic mass is 32.2. The molecule has 0 aromatic carbocycles. The third-order valence-corrected chi connectivity index (χ3v) is 2.14.